The fourth-order valence-electron chi connectivity index (χ4n) is 4.81. The maximum Gasteiger partial charge on any atom is 0.271 e. The number of nitrogen functional groups attached to an aromatic ring is 1. The summed E-state index contributed by atoms with van der Waals surface area (Å²) in [5.74, 6) is 0.655. The van der Waals surface area contributed by atoms with Crippen molar-refractivity contribution in [3.8, 4) is 34.3 Å². The third-order valence-corrected chi connectivity index (χ3v) is 7.33. The van der Waals surface area contributed by atoms with Crippen LogP contribution in [0.1, 0.15) is 47.1 Å². The van der Waals surface area contributed by atoms with Crippen LogP contribution in [-0.4, -0.2) is 61.2 Å². The molecule has 0 bridgehead atoms. The lowest BCUT2D eigenvalue weighted by molar-refractivity contribution is 0.0822. The molecular formula is C30H28ClN9O2. The Morgan fingerprint density at radius 1 is 1.19 bits per heavy atom. The van der Waals surface area contributed by atoms with Gasteiger partial charge in [-0.15, -0.1) is 0 Å². The zero-order chi connectivity index (χ0) is 30.1. The van der Waals surface area contributed by atoms with E-state index in [1.54, 1.807) is 49.4 Å². The number of hydrogen-bond donors (Lipinski definition) is 1. The van der Waals surface area contributed by atoms with E-state index in [1.807, 2.05) is 32.9 Å². The second-order valence-corrected chi connectivity index (χ2v) is 10.2. The van der Waals surface area contributed by atoms with Crippen molar-refractivity contribution >= 4 is 34.4 Å². The summed E-state index contributed by atoms with van der Waals surface area (Å²) in [7, 11) is 3.36. The van der Waals surface area contributed by atoms with Gasteiger partial charge in [-0.05, 0) is 50.6 Å². The largest absolute Gasteiger partial charge is 0.493 e. The van der Waals surface area contributed by atoms with E-state index in [4.69, 9.17) is 27.2 Å². The summed E-state index contributed by atoms with van der Waals surface area (Å²) < 4.78 is 8.00. The number of ether oxygens (including phenoxy) is 1. The van der Waals surface area contributed by atoms with E-state index in [2.05, 4.69) is 26.0 Å². The number of halogens is 1. The molecule has 1 aromatic carbocycles. The van der Waals surface area contributed by atoms with Crippen LogP contribution in [0.15, 0.2) is 49.1 Å². The molecule has 1 amide bonds. The van der Waals surface area contributed by atoms with Crippen LogP contribution in [0, 0.1) is 18.3 Å². The first-order valence-electron chi connectivity index (χ1n) is 13.1. The molecule has 12 heteroatoms. The van der Waals surface area contributed by atoms with Gasteiger partial charge in [0.05, 0.1) is 35.4 Å². The summed E-state index contributed by atoms with van der Waals surface area (Å²) in [6, 6.07) is 10.3. The number of carbonyl (C=O) groups is 1. The van der Waals surface area contributed by atoms with Gasteiger partial charge in [0, 0.05) is 48.2 Å². The molecule has 1 atom stereocenters. The lowest BCUT2D eigenvalue weighted by atomic mass is 9.94. The van der Waals surface area contributed by atoms with Gasteiger partial charge in [0.15, 0.2) is 5.65 Å². The van der Waals surface area contributed by atoms with Crippen LogP contribution in [0.3, 0.4) is 0 Å². The minimum atomic E-state index is -0.435. The van der Waals surface area contributed by atoms with Gasteiger partial charge in [0.2, 0.25) is 0 Å². The van der Waals surface area contributed by atoms with Gasteiger partial charge in [-0.2, -0.15) is 10.4 Å². The Morgan fingerprint density at radius 2 is 1.98 bits per heavy atom. The van der Waals surface area contributed by atoms with Crippen molar-refractivity contribution in [2.75, 3.05) is 26.4 Å². The van der Waals surface area contributed by atoms with Crippen LogP contribution in [0.4, 0.5) is 5.82 Å². The first-order chi connectivity index (χ1) is 20.2. The molecule has 4 heterocycles. The highest BCUT2D eigenvalue weighted by Crippen LogP contribution is 2.44. The maximum atomic E-state index is 12.4. The number of carbonyl (C=O) groups excluding carboxylic acids is 1. The fourth-order valence-corrected chi connectivity index (χ4v) is 5.02. The molecule has 0 aliphatic heterocycles. The number of nitrogens with zero attached hydrogens (tertiary/aromatic N) is 8. The van der Waals surface area contributed by atoms with E-state index in [-0.39, 0.29) is 11.7 Å². The van der Waals surface area contributed by atoms with Gasteiger partial charge in [-0.3, -0.25) is 14.8 Å². The highest BCUT2D eigenvalue weighted by Gasteiger charge is 2.27. The number of nitrogens with two attached hydrogens (primary N) is 1. The lowest BCUT2D eigenvalue weighted by Crippen LogP contribution is -2.22. The molecule has 2 N–H and O–H groups in total. The standard InChI is InChI=1S/C30H28ClN9O2/c1-6-42-27-20(12-21(31)16(2)24(27)19-7-8-22(35-14-19)30(41)39(4)5)17(3)40-29-25(28(33)36-15-37-29)26(38-40)23-11-18(13-32)9-10-34-23/h7-12,14-15,17H,6H2,1-5H3,(H2,33,36,37). The maximum absolute atomic E-state index is 12.4. The predicted molar refractivity (Wildman–Crippen MR) is 160 cm³/mol. The highest BCUT2D eigenvalue weighted by atomic mass is 35.5. The highest BCUT2D eigenvalue weighted by molar-refractivity contribution is 6.32. The quantitative estimate of drug-likeness (QED) is 0.278. The third kappa shape index (κ3) is 4.97. The van der Waals surface area contributed by atoms with Crippen molar-refractivity contribution < 1.29 is 9.53 Å². The van der Waals surface area contributed by atoms with E-state index in [0.717, 1.165) is 22.3 Å². The number of amides is 1. The molecule has 0 fully saturated rings. The van der Waals surface area contributed by atoms with Crippen molar-refractivity contribution in [1.82, 2.24) is 34.6 Å². The minimum Gasteiger partial charge on any atom is -0.493 e. The van der Waals surface area contributed by atoms with Crippen LogP contribution in [-0.2, 0) is 0 Å². The summed E-state index contributed by atoms with van der Waals surface area (Å²) in [6.45, 7) is 6.17. The van der Waals surface area contributed by atoms with Crippen molar-refractivity contribution in [2.45, 2.75) is 26.8 Å². The second-order valence-electron chi connectivity index (χ2n) is 9.81. The molecule has 0 saturated carbocycles. The van der Waals surface area contributed by atoms with E-state index < -0.39 is 6.04 Å². The Labute approximate surface area is 247 Å². The normalized spacial score (nSPS) is 11.7. The average molecular weight is 582 g/mol. The van der Waals surface area contributed by atoms with E-state index >= 15 is 0 Å². The smallest absolute Gasteiger partial charge is 0.271 e. The van der Waals surface area contributed by atoms with E-state index in [9.17, 15) is 10.1 Å². The fraction of sp³-hybridized carbons (Fsp3) is 0.233. The number of nitriles is 1. The SMILES string of the molecule is CCOc1c(C(C)n2nc(-c3cc(C#N)ccn3)c3c(N)ncnc32)cc(Cl)c(C)c1-c1ccc(C(=O)N(C)C)nc1. The molecule has 0 aliphatic carbocycles. The molecule has 1 unspecified atom stereocenters. The van der Waals surface area contributed by atoms with Crippen LogP contribution in [0.5, 0.6) is 5.75 Å². The number of rotatable bonds is 7. The van der Waals surface area contributed by atoms with Crippen LogP contribution < -0.4 is 10.5 Å². The molecule has 212 valence electrons. The summed E-state index contributed by atoms with van der Waals surface area (Å²) in [6.07, 6.45) is 4.58. The molecule has 0 radical (unpaired) electrons. The topological polar surface area (TPSA) is 149 Å². The van der Waals surface area contributed by atoms with Crippen LogP contribution >= 0.6 is 11.6 Å². The van der Waals surface area contributed by atoms with Gasteiger partial charge in [0.1, 0.15) is 29.3 Å². The molecular weight excluding hydrogens is 554 g/mol. The number of aromatic nitrogens is 6. The molecule has 11 nitrogen and oxygen atoms in total. The van der Waals surface area contributed by atoms with Gasteiger partial charge < -0.3 is 15.4 Å². The average Bonchev–Trinajstić information content (AvgIpc) is 3.39. The van der Waals surface area contributed by atoms with Crippen molar-refractivity contribution in [3.05, 3.63) is 76.5 Å². The van der Waals surface area contributed by atoms with Crippen LogP contribution in [0.2, 0.25) is 5.02 Å². The van der Waals surface area contributed by atoms with Crippen molar-refractivity contribution in [3.63, 3.8) is 0 Å². The molecule has 4 aromatic heterocycles. The number of pyridine rings is 2. The number of hydrogen-bond acceptors (Lipinski definition) is 9. The Kier molecular flexibility index (Phi) is 7.74. The predicted octanol–water partition coefficient (Wildman–Crippen LogP) is 5.08. The van der Waals surface area contributed by atoms with Crippen molar-refractivity contribution in [1.29, 1.82) is 5.26 Å². The van der Waals surface area contributed by atoms with Gasteiger partial charge >= 0.3 is 0 Å². The first-order valence-corrected chi connectivity index (χ1v) is 13.5. The molecule has 5 rings (SSSR count). The zero-order valence-corrected chi connectivity index (χ0v) is 24.5. The monoisotopic (exact) mass is 581 g/mol. The molecule has 0 saturated heterocycles. The summed E-state index contributed by atoms with van der Waals surface area (Å²) in [4.78, 5) is 31.4. The molecule has 42 heavy (non-hydrogen) atoms. The zero-order valence-electron chi connectivity index (χ0n) is 23.8. The lowest BCUT2D eigenvalue weighted by Gasteiger charge is -2.23. The molecule has 0 aliphatic rings. The Morgan fingerprint density at radius 3 is 2.64 bits per heavy atom. The van der Waals surface area contributed by atoms with Gasteiger partial charge in [0.25, 0.3) is 5.91 Å². The number of anilines is 1. The van der Waals surface area contributed by atoms with Gasteiger partial charge in [-0.1, -0.05) is 17.7 Å². The third-order valence-electron chi connectivity index (χ3n) is 6.94. The van der Waals surface area contributed by atoms with Gasteiger partial charge in [-0.25, -0.2) is 14.6 Å². The minimum absolute atomic E-state index is 0.193. The van der Waals surface area contributed by atoms with E-state index in [0.29, 0.717) is 51.1 Å². The summed E-state index contributed by atoms with van der Waals surface area (Å²) in [5.41, 5.74) is 11.6. The number of benzene rings is 1. The Bertz CT molecular complexity index is 1860. The summed E-state index contributed by atoms with van der Waals surface area (Å²) >= 11 is 6.82. The Balaban J connectivity index is 1.71. The van der Waals surface area contributed by atoms with Crippen molar-refractivity contribution in [2.24, 2.45) is 0 Å². The van der Waals surface area contributed by atoms with Crippen LogP contribution in [0.25, 0.3) is 33.5 Å². The molecule has 5 aromatic rings. The second kappa shape index (κ2) is 11.4. The van der Waals surface area contributed by atoms with E-state index in [1.165, 1.54) is 11.2 Å². The first kappa shape index (κ1) is 28.4. The Hall–Kier alpha value is -5.08. The summed E-state index contributed by atoms with van der Waals surface area (Å²) in [5, 5.41) is 15.4. The molecule has 0 spiro atoms. The number of fused-ring (bicyclic) bond motifs is 1.